The third-order valence-corrected chi connectivity index (χ3v) is 8.44. The van der Waals surface area contributed by atoms with E-state index in [0.717, 1.165) is 69.3 Å². The maximum atomic E-state index is 8.86. The lowest BCUT2D eigenvalue weighted by Crippen LogP contribution is -2.42. The van der Waals surface area contributed by atoms with Crippen LogP contribution in [0.4, 0.5) is 0 Å². The molecule has 1 rings (SSSR count). The normalized spacial score (nSPS) is 17.3. The minimum atomic E-state index is -0.0712. The van der Waals surface area contributed by atoms with Crippen molar-refractivity contribution in [3.05, 3.63) is 23.5 Å². The Morgan fingerprint density at radius 1 is 0.814 bits per heavy atom. The Kier molecular flexibility index (Phi) is 22.5. The van der Waals surface area contributed by atoms with Gasteiger partial charge in [0.1, 0.15) is 0 Å². The molecule has 8 heteroatoms. The van der Waals surface area contributed by atoms with Crippen molar-refractivity contribution < 1.29 is 0 Å². The summed E-state index contributed by atoms with van der Waals surface area (Å²) in [4.78, 5) is 0. The van der Waals surface area contributed by atoms with Gasteiger partial charge in [-0.05, 0) is 65.7 Å². The van der Waals surface area contributed by atoms with E-state index in [1.807, 2.05) is 6.92 Å². The fraction of sp³-hybridized carbons (Fsp3) is 0.800. The first-order valence-corrected chi connectivity index (χ1v) is 17.6. The van der Waals surface area contributed by atoms with Gasteiger partial charge in [-0.25, -0.2) is 0 Å². The first-order valence-electron chi connectivity index (χ1n) is 17.6. The molecule has 8 nitrogen and oxygen atoms in total. The first-order chi connectivity index (χ1) is 20.8. The number of nitrogens with two attached hydrogens (primary N) is 1. The molecular formula is C35H68N8. The number of hydrogen-bond acceptors (Lipinski definition) is 6. The van der Waals surface area contributed by atoms with Gasteiger partial charge in [-0.2, -0.15) is 0 Å². The highest BCUT2D eigenvalue weighted by Crippen LogP contribution is 2.22. The van der Waals surface area contributed by atoms with Gasteiger partial charge in [0, 0.05) is 48.5 Å². The molecule has 9 N–H and O–H groups in total. The summed E-state index contributed by atoms with van der Waals surface area (Å²) in [6.07, 6.45) is 26.8. The van der Waals surface area contributed by atoms with E-state index in [2.05, 4.69) is 54.3 Å². The Bertz CT molecular complexity index is 818. The van der Waals surface area contributed by atoms with Crippen LogP contribution in [-0.4, -0.2) is 36.0 Å². The van der Waals surface area contributed by atoms with Crippen molar-refractivity contribution in [2.24, 2.45) is 11.8 Å². The number of hydrazine groups is 1. The van der Waals surface area contributed by atoms with E-state index in [-0.39, 0.29) is 6.04 Å². The third-order valence-electron chi connectivity index (χ3n) is 8.44. The Morgan fingerprint density at radius 2 is 1.42 bits per heavy atom. The number of allylic oxidation sites excluding steroid dienone is 3. The molecule has 1 saturated carbocycles. The second-order valence-corrected chi connectivity index (χ2v) is 12.9. The number of hydrogen-bond donors (Lipinski definition) is 8. The minimum Gasteiger partial charge on any atom is -0.384 e. The standard InChI is InChI=1S/C35H68N8/c1-5-6-7-18-24-32(41-28(2)3)33(43-39)25-26-34(37)40-27-20-19-23-31(29(4)36)42-35(38)30-21-16-14-12-10-8-9-11-13-15-17-22-30/h7,18,28,30-31,36,41,43H,5-6,8-17,19-27,39H2,1-4H3,(H2,37,40)(H2,38,42)/b18-7-,33-32+,36-29?/t31-/m0/s1. The van der Waals surface area contributed by atoms with Gasteiger partial charge in [0.25, 0.3) is 0 Å². The van der Waals surface area contributed by atoms with Crippen molar-refractivity contribution in [1.82, 2.24) is 21.4 Å². The molecule has 0 aliphatic heterocycles. The summed E-state index contributed by atoms with van der Waals surface area (Å²) < 4.78 is 0. The van der Waals surface area contributed by atoms with Gasteiger partial charge in [0.2, 0.25) is 0 Å². The Morgan fingerprint density at radius 3 is 1.95 bits per heavy atom. The molecule has 0 aromatic heterocycles. The smallest absolute Gasteiger partial charge is 0.0968 e. The van der Waals surface area contributed by atoms with Crippen molar-refractivity contribution in [2.75, 3.05) is 6.54 Å². The van der Waals surface area contributed by atoms with Crippen LogP contribution >= 0.6 is 0 Å². The van der Waals surface area contributed by atoms with Gasteiger partial charge >= 0.3 is 0 Å². The van der Waals surface area contributed by atoms with Crippen LogP contribution in [0.15, 0.2) is 23.5 Å². The van der Waals surface area contributed by atoms with E-state index in [1.54, 1.807) is 0 Å². The highest BCUT2D eigenvalue weighted by atomic mass is 15.2. The second kappa shape index (κ2) is 25.0. The predicted molar refractivity (Wildman–Crippen MR) is 187 cm³/mol. The van der Waals surface area contributed by atoms with Crippen LogP contribution in [0.2, 0.25) is 0 Å². The van der Waals surface area contributed by atoms with Crippen LogP contribution in [0.25, 0.3) is 0 Å². The molecule has 0 heterocycles. The number of amidine groups is 2. The zero-order valence-electron chi connectivity index (χ0n) is 28.3. The second-order valence-electron chi connectivity index (χ2n) is 12.9. The zero-order chi connectivity index (χ0) is 31.7. The quantitative estimate of drug-likeness (QED) is 0.0199. The topological polar surface area (TPSA) is 146 Å². The van der Waals surface area contributed by atoms with E-state index in [4.69, 9.17) is 22.1 Å². The number of nitrogens with one attached hydrogen (secondary N) is 7. The summed E-state index contributed by atoms with van der Waals surface area (Å²) in [5, 5.41) is 35.9. The molecule has 248 valence electrons. The lowest BCUT2D eigenvalue weighted by Gasteiger charge is -2.25. The van der Waals surface area contributed by atoms with Crippen LogP contribution < -0.4 is 27.2 Å². The van der Waals surface area contributed by atoms with Gasteiger partial charge in [0.15, 0.2) is 0 Å². The van der Waals surface area contributed by atoms with Gasteiger partial charge < -0.3 is 26.8 Å². The SMILES string of the molecule is CCC/C=C\C/C(NC(C)C)=C(/CCC(=N)NCCCC[C@H](NC(=N)C1CCCCCCCCCCCC1)C(C)=N)NN. The van der Waals surface area contributed by atoms with Gasteiger partial charge in [-0.1, -0.05) is 89.7 Å². The Labute approximate surface area is 264 Å². The van der Waals surface area contributed by atoms with Crippen LogP contribution in [0.5, 0.6) is 0 Å². The largest absolute Gasteiger partial charge is 0.384 e. The van der Waals surface area contributed by atoms with Crippen molar-refractivity contribution in [1.29, 1.82) is 16.2 Å². The molecule has 1 aliphatic rings. The molecule has 0 amide bonds. The molecule has 0 spiro atoms. The van der Waals surface area contributed by atoms with E-state index in [1.165, 1.54) is 64.2 Å². The maximum Gasteiger partial charge on any atom is 0.0968 e. The summed E-state index contributed by atoms with van der Waals surface area (Å²) in [5.74, 6) is 7.36. The molecule has 1 atom stereocenters. The lowest BCUT2D eigenvalue weighted by molar-refractivity contribution is 0.480. The van der Waals surface area contributed by atoms with Crippen LogP contribution in [0, 0.1) is 22.1 Å². The molecule has 1 aliphatic carbocycles. The van der Waals surface area contributed by atoms with Crippen molar-refractivity contribution in [2.45, 2.75) is 168 Å². The first kappa shape index (κ1) is 38.7. The van der Waals surface area contributed by atoms with Gasteiger partial charge in [-0.15, -0.1) is 0 Å². The van der Waals surface area contributed by atoms with Gasteiger partial charge in [0.05, 0.1) is 17.7 Å². The molecular weight excluding hydrogens is 532 g/mol. The fourth-order valence-electron chi connectivity index (χ4n) is 5.80. The predicted octanol–water partition coefficient (Wildman–Crippen LogP) is 8.21. The summed E-state index contributed by atoms with van der Waals surface area (Å²) >= 11 is 0. The molecule has 0 bridgehead atoms. The van der Waals surface area contributed by atoms with Crippen LogP contribution in [0.3, 0.4) is 0 Å². The van der Waals surface area contributed by atoms with E-state index < -0.39 is 0 Å². The lowest BCUT2D eigenvalue weighted by atomic mass is 9.92. The summed E-state index contributed by atoms with van der Waals surface area (Å²) in [7, 11) is 0. The Balaban J connectivity index is 2.49. The number of rotatable bonds is 18. The highest BCUT2D eigenvalue weighted by Gasteiger charge is 2.19. The van der Waals surface area contributed by atoms with Crippen LogP contribution in [-0.2, 0) is 0 Å². The summed E-state index contributed by atoms with van der Waals surface area (Å²) in [5.41, 5.74) is 5.54. The fourth-order valence-corrected chi connectivity index (χ4v) is 5.80. The molecule has 0 aromatic rings. The van der Waals surface area contributed by atoms with E-state index >= 15 is 0 Å². The minimum absolute atomic E-state index is 0.0712. The average Bonchev–Trinajstić information content (AvgIpc) is 3.00. The third kappa shape index (κ3) is 19.5. The molecule has 0 radical (unpaired) electrons. The molecule has 0 saturated heterocycles. The summed E-state index contributed by atoms with van der Waals surface area (Å²) in [6, 6.07) is 0.241. The van der Waals surface area contributed by atoms with Crippen molar-refractivity contribution in [3.63, 3.8) is 0 Å². The summed E-state index contributed by atoms with van der Waals surface area (Å²) in [6.45, 7) is 9.04. The van der Waals surface area contributed by atoms with Gasteiger partial charge in [-0.3, -0.25) is 16.7 Å². The number of unbranched alkanes of at least 4 members (excludes halogenated alkanes) is 2. The molecule has 43 heavy (non-hydrogen) atoms. The molecule has 0 unspecified atom stereocenters. The maximum absolute atomic E-state index is 8.86. The van der Waals surface area contributed by atoms with E-state index in [0.29, 0.717) is 42.2 Å². The molecule has 0 aromatic carbocycles. The zero-order valence-corrected chi connectivity index (χ0v) is 28.3. The molecule has 1 fully saturated rings. The monoisotopic (exact) mass is 601 g/mol. The highest BCUT2D eigenvalue weighted by molar-refractivity contribution is 5.91. The van der Waals surface area contributed by atoms with Crippen LogP contribution in [0.1, 0.15) is 156 Å². The Hall–Kier alpha value is -2.35. The van der Waals surface area contributed by atoms with Crippen molar-refractivity contribution >= 4 is 17.4 Å². The van der Waals surface area contributed by atoms with Crippen molar-refractivity contribution in [3.8, 4) is 0 Å². The average molecular weight is 601 g/mol. The van der Waals surface area contributed by atoms with E-state index in [9.17, 15) is 0 Å².